The highest BCUT2D eigenvalue weighted by molar-refractivity contribution is 7.18. The molecule has 29 heavy (non-hydrogen) atoms. The number of carboxylic acids is 1. The molecule has 1 fully saturated rings. The van der Waals surface area contributed by atoms with E-state index in [2.05, 4.69) is 15.2 Å². The summed E-state index contributed by atoms with van der Waals surface area (Å²) in [6.45, 7) is 2.63. The van der Waals surface area contributed by atoms with Gasteiger partial charge in [0.1, 0.15) is 11.3 Å². The van der Waals surface area contributed by atoms with Crippen molar-refractivity contribution in [2.24, 2.45) is 5.92 Å². The van der Waals surface area contributed by atoms with Crippen molar-refractivity contribution in [3.63, 3.8) is 0 Å². The van der Waals surface area contributed by atoms with E-state index in [1.165, 1.54) is 10.9 Å². The van der Waals surface area contributed by atoms with Gasteiger partial charge in [-0.2, -0.15) is 0 Å². The van der Waals surface area contributed by atoms with Crippen molar-refractivity contribution in [2.75, 3.05) is 13.1 Å². The van der Waals surface area contributed by atoms with Gasteiger partial charge in [-0.05, 0) is 18.6 Å². The minimum Gasteiger partial charge on any atom is -0.476 e. The predicted octanol–water partition coefficient (Wildman–Crippen LogP) is 1.77. The lowest BCUT2D eigenvalue weighted by Gasteiger charge is -2.29. The van der Waals surface area contributed by atoms with Gasteiger partial charge >= 0.3 is 5.97 Å². The van der Waals surface area contributed by atoms with E-state index >= 15 is 0 Å². The molecule has 4 rings (SSSR count). The minimum atomic E-state index is -1.17. The number of aromatic nitrogens is 4. The molecule has 3 heterocycles. The first-order valence-electron chi connectivity index (χ1n) is 9.34. The van der Waals surface area contributed by atoms with Crippen molar-refractivity contribution in [1.82, 2.24) is 24.9 Å². The van der Waals surface area contributed by atoms with E-state index in [0.717, 1.165) is 21.5 Å². The van der Waals surface area contributed by atoms with Gasteiger partial charge in [0, 0.05) is 19.0 Å². The fourth-order valence-corrected chi connectivity index (χ4v) is 4.84. The number of likely N-dealkylation sites (tertiary alicyclic amines) is 1. The van der Waals surface area contributed by atoms with Gasteiger partial charge < -0.3 is 15.0 Å². The molecule has 2 N–H and O–H groups in total. The van der Waals surface area contributed by atoms with Crippen molar-refractivity contribution in [3.8, 4) is 0 Å². The first-order valence-corrected chi connectivity index (χ1v) is 10.2. The number of para-hydroxylation sites is 1. The normalized spacial score (nSPS) is 22.0. The minimum absolute atomic E-state index is 0.0776. The van der Waals surface area contributed by atoms with Crippen LogP contribution in [0, 0.1) is 5.92 Å². The Balaban J connectivity index is 1.62. The molecule has 0 amide bonds. The smallest absolute Gasteiger partial charge is 0.358 e. The molecule has 0 saturated carbocycles. The van der Waals surface area contributed by atoms with Crippen LogP contribution in [0.4, 0.5) is 0 Å². The van der Waals surface area contributed by atoms with Crippen molar-refractivity contribution < 1.29 is 19.8 Å². The van der Waals surface area contributed by atoms with Crippen molar-refractivity contribution >= 4 is 33.8 Å². The van der Waals surface area contributed by atoms with Crippen LogP contribution in [0.5, 0.6) is 0 Å². The Morgan fingerprint density at radius 1 is 1.41 bits per heavy atom. The Bertz CT molecular complexity index is 1000. The molecule has 0 spiro atoms. The molecule has 0 radical (unpaired) electrons. The number of nitrogens with zero attached hydrogens (tertiary/aromatic N) is 5. The van der Waals surface area contributed by atoms with Crippen LogP contribution in [0.3, 0.4) is 0 Å². The summed E-state index contributed by atoms with van der Waals surface area (Å²) in [6.07, 6.45) is 2.22. The maximum Gasteiger partial charge on any atom is 0.358 e. The summed E-state index contributed by atoms with van der Waals surface area (Å²) in [6, 6.07) is 7.41. The monoisotopic (exact) mass is 415 g/mol. The molecule has 1 saturated heterocycles. The molecular formula is C19H21N5O4S. The Kier molecular flexibility index (Phi) is 5.39. The van der Waals surface area contributed by atoms with E-state index in [1.54, 1.807) is 18.3 Å². The summed E-state index contributed by atoms with van der Waals surface area (Å²) in [4.78, 5) is 29.5. The number of hydrogen-bond donors (Lipinski definition) is 2. The van der Waals surface area contributed by atoms with E-state index in [9.17, 15) is 14.7 Å². The number of carboxylic acid groups (broad SMARTS) is 1. The lowest BCUT2D eigenvalue weighted by Crippen LogP contribution is -2.35. The Labute approximate surface area is 170 Å². The van der Waals surface area contributed by atoms with Crippen LogP contribution < -0.4 is 0 Å². The van der Waals surface area contributed by atoms with Crippen LogP contribution in [0.1, 0.15) is 40.9 Å². The summed E-state index contributed by atoms with van der Waals surface area (Å²) >= 11 is 1.60. The number of aldehydes is 1. The maximum absolute atomic E-state index is 11.5. The molecule has 1 aliphatic heterocycles. The van der Waals surface area contributed by atoms with Crippen LogP contribution in [0.2, 0.25) is 0 Å². The number of β-amino-alcohol motifs (C(OH)–C–C–N with tert-alkyl or cyclic N) is 1. The molecule has 1 aromatic carbocycles. The highest BCUT2D eigenvalue weighted by atomic mass is 32.1. The second kappa shape index (κ2) is 7.97. The second-order valence-electron chi connectivity index (χ2n) is 7.33. The number of fused-ring (bicyclic) bond motifs is 1. The maximum atomic E-state index is 11.5. The van der Waals surface area contributed by atoms with Crippen LogP contribution in [-0.2, 0) is 4.79 Å². The van der Waals surface area contributed by atoms with Crippen LogP contribution in [-0.4, -0.2) is 66.5 Å². The first kappa shape index (κ1) is 19.6. The Morgan fingerprint density at radius 2 is 2.21 bits per heavy atom. The quantitative estimate of drug-likeness (QED) is 0.560. The van der Waals surface area contributed by atoms with Crippen molar-refractivity contribution in [1.29, 1.82) is 0 Å². The molecule has 1 aliphatic rings. The topological polar surface area (TPSA) is 121 Å². The van der Waals surface area contributed by atoms with Gasteiger partial charge in [-0.25, -0.2) is 14.5 Å². The summed E-state index contributed by atoms with van der Waals surface area (Å²) in [5, 5.41) is 27.9. The number of carbonyl (C=O) groups excluding carboxylic acids is 1. The molecule has 3 aromatic rings. The lowest BCUT2D eigenvalue weighted by atomic mass is 10.0. The first-order chi connectivity index (χ1) is 14.0. The average Bonchev–Trinajstić information content (AvgIpc) is 3.42. The largest absolute Gasteiger partial charge is 0.476 e. The number of thiazole rings is 1. The highest BCUT2D eigenvalue weighted by Gasteiger charge is 2.37. The number of aromatic carboxylic acids is 1. The summed E-state index contributed by atoms with van der Waals surface area (Å²) in [5.74, 6) is -1.58. The number of aliphatic hydroxyl groups is 1. The second-order valence-corrected chi connectivity index (χ2v) is 8.39. The summed E-state index contributed by atoms with van der Waals surface area (Å²) in [7, 11) is 0. The molecule has 152 valence electrons. The van der Waals surface area contributed by atoms with Crippen molar-refractivity contribution in [2.45, 2.75) is 31.5 Å². The Morgan fingerprint density at radius 3 is 2.90 bits per heavy atom. The number of aliphatic hydroxyl groups excluding tert-OH is 1. The fourth-order valence-electron chi connectivity index (χ4n) is 3.73. The molecule has 4 atom stereocenters. The molecule has 10 heteroatoms. The molecule has 0 aliphatic carbocycles. The van der Waals surface area contributed by atoms with Crippen molar-refractivity contribution in [3.05, 3.63) is 41.2 Å². The third kappa shape index (κ3) is 3.91. The summed E-state index contributed by atoms with van der Waals surface area (Å²) in [5.41, 5.74) is 0.756. The third-order valence-corrected chi connectivity index (χ3v) is 6.43. The predicted molar refractivity (Wildman–Crippen MR) is 106 cm³/mol. The Hall–Kier alpha value is -2.69. The zero-order valence-electron chi connectivity index (χ0n) is 15.8. The lowest BCUT2D eigenvalue weighted by molar-refractivity contribution is -0.112. The fraction of sp³-hybridized carbons (Fsp3) is 0.421. The van der Waals surface area contributed by atoms with E-state index < -0.39 is 24.0 Å². The number of carbonyl (C=O) groups is 2. The van der Waals surface area contributed by atoms with Gasteiger partial charge in [-0.15, -0.1) is 16.4 Å². The van der Waals surface area contributed by atoms with Gasteiger partial charge in [0.15, 0.2) is 5.69 Å². The van der Waals surface area contributed by atoms with E-state index in [1.807, 2.05) is 24.3 Å². The SMILES string of the molecule is C[C@H](C=O)C(CN1C[C@H](O)C[C@H]1c1nc2ccccc2s1)n1cc(C(=O)O)nn1. The molecule has 1 unspecified atom stereocenters. The van der Waals surface area contributed by atoms with Crippen LogP contribution >= 0.6 is 11.3 Å². The average molecular weight is 415 g/mol. The zero-order chi connectivity index (χ0) is 20.5. The van der Waals surface area contributed by atoms with Crippen LogP contribution in [0.25, 0.3) is 10.2 Å². The van der Waals surface area contributed by atoms with Crippen LogP contribution in [0.15, 0.2) is 30.5 Å². The number of benzene rings is 1. The van der Waals surface area contributed by atoms with E-state index in [4.69, 9.17) is 10.1 Å². The van der Waals surface area contributed by atoms with Gasteiger partial charge in [0.25, 0.3) is 0 Å². The third-order valence-electron chi connectivity index (χ3n) is 5.29. The van der Waals surface area contributed by atoms with Gasteiger partial charge in [-0.1, -0.05) is 24.3 Å². The highest BCUT2D eigenvalue weighted by Crippen LogP contribution is 2.37. The molecular weight excluding hydrogens is 394 g/mol. The van der Waals surface area contributed by atoms with Gasteiger partial charge in [0.05, 0.1) is 34.6 Å². The number of rotatable bonds is 7. The standard InChI is InChI=1S/C19H21N5O4S/c1-11(10-25)16(24-8-14(19(27)28)21-22-24)9-23-7-12(26)6-15(23)18-20-13-4-2-3-5-17(13)29-18/h2-5,8,10-12,15-16,26H,6-7,9H2,1H3,(H,27,28)/t11-,12-,15+,16?/m1/s1. The summed E-state index contributed by atoms with van der Waals surface area (Å²) < 4.78 is 2.52. The van der Waals surface area contributed by atoms with E-state index in [-0.39, 0.29) is 11.7 Å². The molecule has 9 nitrogen and oxygen atoms in total. The molecule has 2 aromatic heterocycles. The molecule has 0 bridgehead atoms. The number of hydrogen-bond acceptors (Lipinski definition) is 8. The van der Waals surface area contributed by atoms with Gasteiger partial charge in [-0.3, -0.25) is 4.90 Å². The van der Waals surface area contributed by atoms with E-state index in [0.29, 0.717) is 19.5 Å². The van der Waals surface area contributed by atoms with Gasteiger partial charge in [0.2, 0.25) is 0 Å². The zero-order valence-corrected chi connectivity index (χ0v) is 16.6.